The van der Waals surface area contributed by atoms with E-state index in [2.05, 4.69) is 0 Å². The third kappa shape index (κ3) is 28.7. The van der Waals surface area contributed by atoms with E-state index in [-0.39, 0.29) is 77.8 Å². The topological polar surface area (TPSA) is 137 Å². The van der Waals surface area contributed by atoms with Crippen LogP contribution in [0.15, 0.2) is 0 Å². The minimum absolute atomic E-state index is 0.0894. The number of carbonyl (C=O) groups excluding carboxylic acids is 8. The molecule has 0 heterocycles. The van der Waals surface area contributed by atoms with Crippen LogP contribution in [0.4, 0.5) is 0 Å². The van der Waals surface area contributed by atoms with Crippen LogP contribution in [0.25, 0.3) is 0 Å². The van der Waals surface area contributed by atoms with Crippen LogP contribution in [0, 0.1) is 10.8 Å². The van der Waals surface area contributed by atoms with Crippen molar-refractivity contribution in [3.63, 3.8) is 0 Å². The van der Waals surface area contributed by atoms with Gasteiger partial charge in [0.15, 0.2) is 0 Å². The van der Waals surface area contributed by atoms with E-state index in [1.165, 1.54) is 0 Å². The maximum absolute atomic E-state index is 14.6. The molecule has 0 rings (SSSR count). The Balaban J connectivity index is 6.28. The average molecular weight is 1020 g/mol. The smallest absolute Gasteiger partial charge is 0.142 e. The summed E-state index contributed by atoms with van der Waals surface area (Å²) in [5.41, 5.74) is -1.06. The van der Waals surface area contributed by atoms with Gasteiger partial charge in [-0.05, 0) is 207 Å². The van der Waals surface area contributed by atoms with E-state index in [1.807, 2.05) is 41.5 Å². The highest BCUT2D eigenvalue weighted by Crippen LogP contribution is 2.42. The second-order valence-corrected chi connectivity index (χ2v) is 27.0. The number of hydrogen-bond acceptors (Lipinski definition) is 14. The lowest BCUT2D eigenvalue weighted by molar-refractivity contribution is -0.130. The minimum Gasteiger partial charge on any atom is -0.299 e. The number of carbonyl (C=O) groups is 8. The van der Waals surface area contributed by atoms with E-state index >= 15 is 0 Å². The van der Waals surface area contributed by atoms with Crippen LogP contribution < -0.4 is 0 Å². The molecule has 0 spiro atoms. The number of ketones is 8. The largest absolute Gasteiger partial charge is 0.299 e. The molecule has 0 N–H and O–H groups in total. The fraction of sp³-hybridized carbons (Fsp3) is 0.843. The van der Waals surface area contributed by atoms with Gasteiger partial charge in [0, 0.05) is 23.7 Å². The van der Waals surface area contributed by atoms with E-state index in [1.54, 1.807) is 112 Å². The van der Waals surface area contributed by atoms with Crippen LogP contribution in [0.1, 0.15) is 192 Å². The average Bonchev–Trinajstić information content (AvgIpc) is 3.25. The predicted molar refractivity (Wildman–Crippen MR) is 289 cm³/mol. The molecule has 6 unspecified atom stereocenters. The zero-order valence-electron chi connectivity index (χ0n) is 42.4. The summed E-state index contributed by atoms with van der Waals surface area (Å²) in [5, 5.41) is -0.536. The van der Waals surface area contributed by atoms with Crippen molar-refractivity contribution in [2.45, 2.75) is 224 Å². The molecule has 0 aliphatic heterocycles. The number of rotatable bonds is 44. The third-order valence-corrected chi connectivity index (χ3v) is 21.1. The maximum atomic E-state index is 14.6. The molecule has 0 saturated carbocycles. The van der Waals surface area contributed by atoms with Gasteiger partial charge in [-0.15, -0.1) is 0 Å². The van der Waals surface area contributed by atoms with Crippen molar-refractivity contribution in [1.29, 1.82) is 0 Å². The first kappa shape index (κ1) is 64.5. The Morgan fingerprint density at radius 3 is 0.615 bits per heavy atom. The lowest BCUT2D eigenvalue weighted by atomic mass is 9.70. The first-order valence-corrected chi connectivity index (χ1v) is 30.6. The molecule has 0 aliphatic carbocycles. The van der Waals surface area contributed by atoms with E-state index in [9.17, 15) is 38.4 Å². The normalized spacial score (nSPS) is 16.3. The maximum Gasteiger partial charge on any atom is 0.142 e. The Labute approximate surface area is 421 Å². The SMILES string of the molecule is CC(=O)C(C)SCCCC(CCCSC(C)C(C)=O)(CCCSC(C)C(C)=O)C(=O)CCCCCC(=O)C(CCCSC(C)C(C)=O)(CCCSC(C)C(C)=O)CCCSC(C)C(C)=O. The third-order valence-electron chi connectivity index (χ3n) is 12.9. The Bertz CT molecular complexity index is 1220. The molecule has 0 aromatic rings. The second kappa shape index (κ2) is 36.4. The first-order chi connectivity index (χ1) is 30.5. The molecule has 8 nitrogen and oxygen atoms in total. The van der Waals surface area contributed by atoms with Gasteiger partial charge in [-0.1, -0.05) is 6.42 Å². The van der Waals surface area contributed by atoms with Crippen LogP contribution in [0.5, 0.6) is 0 Å². The lowest BCUT2D eigenvalue weighted by Gasteiger charge is -2.34. The molecule has 0 bridgehead atoms. The fourth-order valence-electron chi connectivity index (χ4n) is 7.59. The Morgan fingerprint density at radius 1 is 0.292 bits per heavy atom. The molecule has 0 fully saturated rings. The minimum atomic E-state index is -0.529. The summed E-state index contributed by atoms with van der Waals surface area (Å²) in [7, 11) is 0. The fourth-order valence-corrected chi connectivity index (χ4v) is 13.0. The van der Waals surface area contributed by atoms with E-state index in [4.69, 9.17) is 0 Å². The highest BCUT2D eigenvalue weighted by atomic mass is 32.2. The zero-order valence-corrected chi connectivity index (χ0v) is 47.3. The molecule has 0 aliphatic rings. The Kier molecular flexibility index (Phi) is 36.1. The van der Waals surface area contributed by atoms with Gasteiger partial charge in [-0.3, -0.25) is 38.4 Å². The Morgan fingerprint density at radius 2 is 0.462 bits per heavy atom. The standard InChI is InChI=1S/C51H88O8S6/c1-36(52)42(7)60-30-16-24-50(25-17-31-61-43(8)37(2)53,26-18-32-62-44(9)38(3)54)48(58)22-14-13-15-23-49(59)51(27-19-33-63-45(10)39(4)55,28-20-34-64-46(11)40(5)56)29-21-35-65-47(12)41(6)57/h42-47H,13-35H2,1-12H3. The predicted octanol–water partition coefficient (Wildman–Crippen LogP) is 13.0. The molecule has 0 aromatic carbocycles. The lowest BCUT2D eigenvalue weighted by Crippen LogP contribution is -2.33. The van der Waals surface area contributed by atoms with Gasteiger partial charge in [-0.2, -0.15) is 70.6 Å². The molecular weight excluding hydrogens is 933 g/mol. The van der Waals surface area contributed by atoms with E-state index in [0.29, 0.717) is 25.7 Å². The first-order valence-electron chi connectivity index (χ1n) is 24.3. The quantitative estimate of drug-likeness (QED) is 0.0535. The van der Waals surface area contributed by atoms with Gasteiger partial charge in [0.05, 0.1) is 31.5 Å². The van der Waals surface area contributed by atoms with Crippen molar-refractivity contribution >= 4 is 117 Å². The van der Waals surface area contributed by atoms with Gasteiger partial charge in [0.1, 0.15) is 46.3 Å². The highest BCUT2D eigenvalue weighted by Gasteiger charge is 2.38. The molecule has 6 atom stereocenters. The number of unbranched alkanes of at least 4 members (excludes halogenated alkanes) is 2. The molecule has 0 radical (unpaired) electrons. The van der Waals surface area contributed by atoms with Gasteiger partial charge >= 0.3 is 0 Å². The molecule has 0 aromatic heterocycles. The van der Waals surface area contributed by atoms with Crippen molar-refractivity contribution in [3.8, 4) is 0 Å². The van der Waals surface area contributed by atoms with Gasteiger partial charge in [0.2, 0.25) is 0 Å². The van der Waals surface area contributed by atoms with Crippen molar-refractivity contribution in [3.05, 3.63) is 0 Å². The van der Waals surface area contributed by atoms with Crippen LogP contribution in [-0.2, 0) is 38.4 Å². The van der Waals surface area contributed by atoms with Gasteiger partial charge < -0.3 is 0 Å². The van der Waals surface area contributed by atoms with Crippen LogP contribution in [0.3, 0.4) is 0 Å². The molecule has 65 heavy (non-hydrogen) atoms. The van der Waals surface area contributed by atoms with Gasteiger partial charge in [-0.25, -0.2) is 0 Å². The van der Waals surface area contributed by atoms with E-state index < -0.39 is 10.8 Å². The second-order valence-electron chi connectivity index (χ2n) is 18.3. The molecule has 0 amide bonds. The van der Waals surface area contributed by atoms with Crippen LogP contribution in [0.2, 0.25) is 0 Å². The summed E-state index contributed by atoms with van der Waals surface area (Å²) < 4.78 is 0. The zero-order chi connectivity index (χ0) is 49.6. The summed E-state index contributed by atoms with van der Waals surface area (Å²) >= 11 is 9.85. The summed E-state index contributed by atoms with van der Waals surface area (Å²) in [6, 6.07) is 0. The molecule has 0 saturated heterocycles. The van der Waals surface area contributed by atoms with Crippen molar-refractivity contribution < 1.29 is 38.4 Å². The summed E-state index contributed by atoms with van der Waals surface area (Å²) in [5.74, 6) is 6.20. The monoisotopic (exact) mass is 1020 g/mol. The van der Waals surface area contributed by atoms with Crippen molar-refractivity contribution in [2.24, 2.45) is 10.8 Å². The van der Waals surface area contributed by atoms with Crippen molar-refractivity contribution in [1.82, 2.24) is 0 Å². The number of Topliss-reactive ketones (excluding diaryl/α,β-unsaturated/α-hetero) is 8. The molecule has 14 heteroatoms. The molecular formula is C51H88O8S6. The van der Waals surface area contributed by atoms with E-state index in [0.717, 1.165) is 118 Å². The number of thioether (sulfide) groups is 6. The highest BCUT2D eigenvalue weighted by molar-refractivity contribution is 8.01. The summed E-state index contributed by atoms with van der Waals surface area (Å²) in [6.07, 6.45) is 12.4. The Hall–Kier alpha value is -0.540. The van der Waals surface area contributed by atoms with Crippen molar-refractivity contribution in [2.75, 3.05) is 34.5 Å². The van der Waals surface area contributed by atoms with Crippen LogP contribution >= 0.6 is 70.6 Å². The number of hydrogen-bond donors (Lipinski definition) is 0. The summed E-state index contributed by atoms with van der Waals surface area (Å²) in [4.78, 5) is 101. The summed E-state index contributed by atoms with van der Waals surface area (Å²) in [6.45, 7) is 21.3. The van der Waals surface area contributed by atoms with Crippen LogP contribution in [-0.4, -0.2) is 112 Å². The molecule has 376 valence electrons. The van der Waals surface area contributed by atoms with Gasteiger partial charge in [0.25, 0.3) is 0 Å².